The SMILES string of the molecule is C1=CCC=c2c=1c1c(c3ccc[c]c23)=[C+]C=CC=1. The zero-order valence-electron chi connectivity index (χ0n) is 9.83. The maximum atomic E-state index is 3.40. The maximum absolute atomic E-state index is 3.40. The van der Waals surface area contributed by atoms with Crippen LogP contribution in [-0.4, -0.2) is 0 Å². The van der Waals surface area contributed by atoms with Gasteiger partial charge in [-0.1, -0.05) is 18.2 Å². The minimum absolute atomic E-state index is 0.951. The molecule has 0 heterocycles. The van der Waals surface area contributed by atoms with E-state index < -0.39 is 0 Å². The largest absolute Gasteiger partial charge is 0.164 e. The first kappa shape index (κ1) is 9.62. The van der Waals surface area contributed by atoms with Crippen molar-refractivity contribution in [1.82, 2.24) is 0 Å². The Morgan fingerprint density at radius 1 is 1.22 bits per heavy atom. The fourth-order valence-electron chi connectivity index (χ4n) is 2.70. The molecule has 2 aromatic carbocycles. The van der Waals surface area contributed by atoms with Crippen molar-refractivity contribution in [3.8, 4) is 0 Å². The summed E-state index contributed by atoms with van der Waals surface area (Å²) < 4.78 is 0. The molecular formula is C18H10+. The summed E-state index contributed by atoms with van der Waals surface area (Å²) in [4.78, 5) is 0. The number of rotatable bonds is 0. The van der Waals surface area contributed by atoms with Crippen LogP contribution in [0.25, 0.3) is 34.7 Å². The first-order valence-corrected chi connectivity index (χ1v) is 6.13. The third-order valence-corrected chi connectivity index (χ3v) is 3.48. The van der Waals surface area contributed by atoms with Crippen LogP contribution in [0.5, 0.6) is 0 Å². The predicted molar refractivity (Wildman–Crippen MR) is 75.4 cm³/mol. The highest BCUT2D eigenvalue weighted by Gasteiger charge is 2.10. The first-order chi connectivity index (χ1) is 8.95. The Balaban J connectivity index is 2.54. The van der Waals surface area contributed by atoms with Gasteiger partial charge in [0, 0.05) is 34.9 Å². The molecule has 0 fully saturated rings. The van der Waals surface area contributed by atoms with Crippen LogP contribution in [0.3, 0.4) is 0 Å². The standard InChI is InChI=1S/C18H10/c1-2-8-14-13(7-1)15-9-3-4-11-17(15)18-12-6-5-10-16(14)18/h1-5,8-9,12H,6H2/q+1. The van der Waals surface area contributed by atoms with Crippen molar-refractivity contribution in [3.05, 3.63) is 63.4 Å². The second kappa shape index (κ2) is 3.55. The highest BCUT2D eigenvalue weighted by molar-refractivity contribution is 5.86. The average Bonchev–Trinajstić information content (AvgIpc) is 2.48. The zero-order valence-corrected chi connectivity index (χ0v) is 9.83. The molecule has 0 amide bonds. The lowest BCUT2D eigenvalue weighted by Gasteiger charge is -2.00. The van der Waals surface area contributed by atoms with Gasteiger partial charge < -0.3 is 0 Å². The smallest absolute Gasteiger partial charge is 0.105 e. The molecule has 0 saturated heterocycles. The number of allylic oxidation sites excluding steroid dienone is 3. The molecule has 0 saturated carbocycles. The molecule has 0 heteroatoms. The summed E-state index contributed by atoms with van der Waals surface area (Å²) in [6.07, 6.45) is 14.8. The number of fused-ring (bicyclic) bond motifs is 6. The van der Waals surface area contributed by atoms with Crippen LogP contribution in [0.1, 0.15) is 6.42 Å². The molecule has 0 aliphatic heterocycles. The molecule has 0 aromatic heterocycles. The highest BCUT2D eigenvalue weighted by atomic mass is 14.1. The molecule has 0 unspecified atom stereocenters. The molecule has 0 spiro atoms. The van der Waals surface area contributed by atoms with Crippen LogP contribution < -0.4 is 20.9 Å². The van der Waals surface area contributed by atoms with Crippen LogP contribution in [0.15, 0.2) is 36.4 Å². The molecule has 0 nitrogen and oxygen atoms in total. The Hall–Kier alpha value is -2.39. The van der Waals surface area contributed by atoms with Gasteiger partial charge in [-0.15, -0.1) is 5.73 Å². The molecule has 2 aromatic rings. The summed E-state index contributed by atoms with van der Waals surface area (Å²) in [7, 11) is 0. The highest BCUT2D eigenvalue weighted by Crippen LogP contribution is 2.03. The van der Waals surface area contributed by atoms with Gasteiger partial charge in [-0.3, -0.25) is 0 Å². The normalized spacial score (nSPS) is 14.4. The van der Waals surface area contributed by atoms with Crippen molar-refractivity contribution in [1.29, 1.82) is 0 Å². The molecular weight excluding hydrogens is 216 g/mol. The van der Waals surface area contributed by atoms with Crippen LogP contribution in [0.2, 0.25) is 0 Å². The Morgan fingerprint density at radius 2 is 2.22 bits per heavy atom. The van der Waals surface area contributed by atoms with Gasteiger partial charge in [-0.05, 0) is 18.6 Å². The van der Waals surface area contributed by atoms with Crippen molar-refractivity contribution in [2.75, 3.05) is 0 Å². The fraction of sp³-hybridized carbons (Fsp3) is 0.0556. The van der Waals surface area contributed by atoms with Gasteiger partial charge in [0.2, 0.25) is 0 Å². The summed E-state index contributed by atoms with van der Waals surface area (Å²) in [5.74, 6) is 0. The molecule has 0 bridgehead atoms. The van der Waals surface area contributed by atoms with Crippen LogP contribution in [0.4, 0.5) is 0 Å². The van der Waals surface area contributed by atoms with E-state index in [-0.39, 0.29) is 0 Å². The Bertz CT molecular complexity index is 963. The Morgan fingerprint density at radius 3 is 3.22 bits per heavy atom. The second-order valence-electron chi connectivity index (χ2n) is 4.49. The van der Waals surface area contributed by atoms with E-state index in [4.69, 9.17) is 0 Å². The van der Waals surface area contributed by atoms with E-state index in [2.05, 4.69) is 42.2 Å². The quantitative estimate of drug-likeness (QED) is 0.582. The minimum Gasteiger partial charge on any atom is -0.105 e. The second-order valence-corrected chi connectivity index (χ2v) is 4.49. The molecule has 0 N–H and O–H groups in total. The van der Waals surface area contributed by atoms with E-state index in [1.807, 2.05) is 24.3 Å². The van der Waals surface area contributed by atoms with Gasteiger partial charge in [-0.2, -0.15) is 0 Å². The van der Waals surface area contributed by atoms with E-state index in [0.29, 0.717) is 0 Å². The molecule has 4 rings (SSSR count). The van der Waals surface area contributed by atoms with Crippen LogP contribution in [-0.2, 0) is 0 Å². The first-order valence-electron chi connectivity index (χ1n) is 6.13. The van der Waals surface area contributed by atoms with Crippen molar-refractivity contribution >= 4 is 34.7 Å². The fourth-order valence-corrected chi connectivity index (χ4v) is 2.70. The molecule has 2 aliphatic carbocycles. The van der Waals surface area contributed by atoms with E-state index in [1.165, 1.54) is 31.6 Å². The van der Waals surface area contributed by atoms with Crippen molar-refractivity contribution in [2.45, 2.75) is 6.42 Å². The third kappa shape index (κ3) is 1.19. The Kier molecular flexibility index (Phi) is 1.90. The number of hydrogen-bond acceptors (Lipinski definition) is 0. The van der Waals surface area contributed by atoms with Gasteiger partial charge in [0.05, 0.1) is 21.9 Å². The molecule has 81 valence electrons. The lowest BCUT2D eigenvalue weighted by Crippen LogP contribution is -2.49. The lowest BCUT2D eigenvalue weighted by molar-refractivity contribution is 1.38. The maximum Gasteiger partial charge on any atom is 0.164 e. The van der Waals surface area contributed by atoms with Crippen molar-refractivity contribution in [3.63, 3.8) is 0 Å². The minimum atomic E-state index is 0.951. The van der Waals surface area contributed by atoms with Gasteiger partial charge in [-0.25, -0.2) is 0 Å². The van der Waals surface area contributed by atoms with Gasteiger partial charge in [0.1, 0.15) is 0 Å². The zero-order chi connectivity index (χ0) is 11.9. The van der Waals surface area contributed by atoms with E-state index in [1.54, 1.807) is 0 Å². The predicted octanol–water partition coefficient (Wildman–Crippen LogP) is 0.768. The van der Waals surface area contributed by atoms with Crippen LogP contribution >= 0.6 is 0 Å². The summed E-state index contributed by atoms with van der Waals surface area (Å²) >= 11 is 0. The average molecular weight is 226 g/mol. The van der Waals surface area contributed by atoms with Gasteiger partial charge in [0.25, 0.3) is 0 Å². The van der Waals surface area contributed by atoms with Crippen LogP contribution in [0, 0.1) is 6.07 Å². The summed E-state index contributed by atoms with van der Waals surface area (Å²) in [5.41, 5.74) is 3.40. The van der Waals surface area contributed by atoms with Crippen molar-refractivity contribution < 1.29 is 0 Å². The monoisotopic (exact) mass is 226 g/mol. The molecule has 18 heavy (non-hydrogen) atoms. The lowest BCUT2D eigenvalue weighted by atomic mass is 9.97. The topological polar surface area (TPSA) is 0 Å². The van der Waals surface area contributed by atoms with E-state index in [0.717, 1.165) is 6.42 Å². The van der Waals surface area contributed by atoms with Gasteiger partial charge in [0.15, 0.2) is 5.22 Å². The third-order valence-electron chi connectivity index (χ3n) is 3.48. The number of benzene rings is 2. The summed E-state index contributed by atoms with van der Waals surface area (Å²) in [6, 6.07) is 9.53. The van der Waals surface area contributed by atoms with Gasteiger partial charge >= 0.3 is 0 Å². The number of hydrogen-bond donors (Lipinski definition) is 0. The van der Waals surface area contributed by atoms with Crippen molar-refractivity contribution in [2.24, 2.45) is 0 Å². The summed E-state index contributed by atoms with van der Waals surface area (Å²) in [5, 5.41) is 7.25. The summed E-state index contributed by atoms with van der Waals surface area (Å²) in [6.45, 7) is 0. The molecule has 1 radical (unpaired) electrons. The van der Waals surface area contributed by atoms with E-state index in [9.17, 15) is 0 Å². The molecule has 2 aliphatic rings. The Labute approximate surface area is 105 Å². The molecule has 0 atom stereocenters. The van der Waals surface area contributed by atoms with E-state index >= 15 is 0 Å².